The maximum absolute atomic E-state index is 4.34. The van der Waals surface area contributed by atoms with Gasteiger partial charge in [-0.2, -0.15) is 5.10 Å². The van der Waals surface area contributed by atoms with Gasteiger partial charge in [-0.15, -0.1) is 0 Å². The fourth-order valence-corrected chi connectivity index (χ4v) is 2.51. The van der Waals surface area contributed by atoms with Gasteiger partial charge in [-0.25, -0.2) is 0 Å². The van der Waals surface area contributed by atoms with Crippen LogP contribution in [0.1, 0.15) is 32.6 Å². The Labute approximate surface area is 92.8 Å². The van der Waals surface area contributed by atoms with Crippen molar-refractivity contribution < 1.29 is 0 Å². The lowest BCUT2D eigenvalue weighted by atomic mass is 9.67. The first-order valence-corrected chi connectivity index (χ1v) is 6.00. The summed E-state index contributed by atoms with van der Waals surface area (Å²) in [5.41, 5.74) is 0.578. The minimum Gasteiger partial charge on any atom is -0.271 e. The summed E-state index contributed by atoms with van der Waals surface area (Å²) in [6.07, 6.45) is 9.55. The molecule has 2 nitrogen and oxygen atoms in total. The molecule has 0 aliphatic heterocycles. The first kappa shape index (κ1) is 9.49. The van der Waals surface area contributed by atoms with Crippen LogP contribution in [-0.4, -0.2) is 9.78 Å². The molecular weight excluding hydrogens is 275 g/mol. The van der Waals surface area contributed by atoms with E-state index in [0.717, 1.165) is 6.54 Å². The van der Waals surface area contributed by atoms with Crippen molar-refractivity contribution in [2.45, 2.75) is 39.2 Å². The van der Waals surface area contributed by atoms with E-state index < -0.39 is 0 Å². The lowest BCUT2D eigenvalue weighted by molar-refractivity contribution is 0.0949. The van der Waals surface area contributed by atoms with Crippen LogP contribution in [0.25, 0.3) is 0 Å². The van der Waals surface area contributed by atoms with E-state index in [1.807, 2.05) is 6.20 Å². The maximum atomic E-state index is 4.34. The van der Waals surface area contributed by atoms with Gasteiger partial charge in [0.05, 0.1) is 9.77 Å². The largest absolute Gasteiger partial charge is 0.271 e. The second-order valence-corrected chi connectivity index (χ2v) is 5.31. The monoisotopic (exact) mass is 290 g/mol. The van der Waals surface area contributed by atoms with Gasteiger partial charge in [-0.3, -0.25) is 4.68 Å². The van der Waals surface area contributed by atoms with Crippen LogP contribution < -0.4 is 0 Å². The fourth-order valence-electron chi connectivity index (χ4n) is 2.07. The van der Waals surface area contributed by atoms with Crippen LogP contribution in [0.4, 0.5) is 0 Å². The quantitative estimate of drug-likeness (QED) is 0.782. The first-order chi connectivity index (χ1) is 6.24. The molecule has 0 saturated heterocycles. The molecule has 0 aromatic carbocycles. The van der Waals surface area contributed by atoms with Gasteiger partial charge < -0.3 is 0 Å². The smallest absolute Gasteiger partial charge is 0.0623 e. The normalized spacial score (nSPS) is 19.8. The minimum absolute atomic E-state index is 0.578. The molecular formula is C10H15IN2. The highest BCUT2D eigenvalue weighted by Gasteiger charge is 2.35. The van der Waals surface area contributed by atoms with Gasteiger partial charge in [0, 0.05) is 12.7 Å². The van der Waals surface area contributed by atoms with Gasteiger partial charge in [-0.1, -0.05) is 13.3 Å². The Morgan fingerprint density at radius 1 is 1.62 bits per heavy atom. The Bertz CT molecular complexity index is 283. The summed E-state index contributed by atoms with van der Waals surface area (Å²) in [7, 11) is 0. The van der Waals surface area contributed by atoms with Crippen molar-refractivity contribution in [1.29, 1.82) is 0 Å². The van der Waals surface area contributed by atoms with Gasteiger partial charge >= 0.3 is 0 Å². The average molecular weight is 290 g/mol. The van der Waals surface area contributed by atoms with Gasteiger partial charge in [0.25, 0.3) is 0 Å². The van der Waals surface area contributed by atoms with E-state index in [4.69, 9.17) is 0 Å². The molecule has 1 aliphatic carbocycles. The lowest BCUT2D eigenvalue weighted by Crippen LogP contribution is -2.33. The van der Waals surface area contributed by atoms with Crippen molar-refractivity contribution in [3.05, 3.63) is 16.0 Å². The molecule has 72 valence electrons. The van der Waals surface area contributed by atoms with E-state index in [0.29, 0.717) is 5.41 Å². The minimum atomic E-state index is 0.578. The van der Waals surface area contributed by atoms with Crippen LogP contribution in [0.15, 0.2) is 12.4 Å². The van der Waals surface area contributed by atoms with Crippen LogP contribution in [0.3, 0.4) is 0 Å². The third kappa shape index (κ3) is 1.90. The summed E-state index contributed by atoms with van der Waals surface area (Å²) in [6, 6.07) is 0. The van der Waals surface area contributed by atoms with Crippen molar-refractivity contribution in [2.24, 2.45) is 5.41 Å². The second kappa shape index (κ2) is 3.59. The third-order valence-electron chi connectivity index (χ3n) is 3.26. The summed E-state index contributed by atoms with van der Waals surface area (Å²) >= 11 is 2.31. The van der Waals surface area contributed by atoms with Gasteiger partial charge in [0.2, 0.25) is 0 Å². The number of aromatic nitrogens is 2. The fraction of sp³-hybridized carbons (Fsp3) is 0.700. The number of halogens is 1. The standard InChI is InChI=1S/C10H15IN2/c1-2-10(4-3-5-10)8-13-7-9(11)6-12-13/h6-7H,2-5,8H2,1H3. The molecule has 1 aliphatic rings. The van der Waals surface area contributed by atoms with E-state index in [1.165, 1.54) is 29.3 Å². The van der Waals surface area contributed by atoms with Crippen molar-refractivity contribution in [3.63, 3.8) is 0 Å². The molecule has 0 unspecified atom stereocenters. The molecule has 1 aromatic heterocycles. The molecule has 0 amide bonds. The second-order valence-electron chi connectivity index (χ2n) is 4.06. The SMILES string of the molecule is CCC1(Cn2cc(I)cn2)CCC1. The average Bonchev–Trinajstić information content (AvgIpc) is 2.44. The Morgan fingerprint density at radius 2 is 2.38 bits per heavy atom. The van der Waals surface area contributed by atoms with Gasteiger partial charge in [0.15, 0.2) is 0 Å². The molecule has 2 rings (SSSR count). The van der Waals surface area contributed by atoms with E-state index in [1.54, 1.807) is 0 Å². The van der Waals surface area contributed by atoms with Crippen LogP contribution in [-0.2, 0) is 6.54 Å². The molecule has 1 saturated carbocycles. The van der Waals surface area contributed by atoms with Crippen molar-refractivity contribution >= 4 is 22.6 Å². The molecule has 0 atom stereocenters. The molecule has 0 bridgehead atoms. The molecule has 13 heavy (non-hydrogen) atoms. The predicted octanol–water partition coefficient (Wildman–Crippen LogP) is 3.07. The molecule has 0 spiro atoms. The molecule has 0 N–H and O–H groups in total. The maximum Gasteiger partial charge on any atom is 0.0623 e. The zero-order valence-electron chi connectivity index (χ0n) is 7.96. The van der Waals surface area contributed by atoms with Crippen LogP contribution in [0.5, 0.6) is 0 Å². The predicted molar refractivity (Wildman–Crippen MR) is 61.5 cm³/mol. The number of rotatable bonds is 3. The zero-order chi connectivity index (χ0) is 9.31. The van der Waals surface area contributed by atoms with Crippen molar-refractivity contribution in [1.82, 2.24) is 9.78 Å². The Kier molecular flexibility index (Phi) is 2.62. The lowest BCUT2D eigenvalue weighted by Gasteiger charge is -2.41. The van der Waals surface area contributed by atoms with Crippen LogP contribution in [0, 0.1) is 8.99 Å². The number of hydrogen-bond donors (Lipinski definition) is 0. The molecule has 3 heteroatoms. The summed E-state index contributed by atoms with van der Waals surface area (Å²) in [4.78, 5) is 0. The molecule has 1 aromatic rings. The Hall–Kier alpha value is -0.0600. The highest BCUT2D eigenvalue weighted by atomic mass is 127. The highest BCUT2D eigenvalue weighted by molar-refractivity contribution is 14.1. The van der Waals surface area contributed by atoms with Gasteiger partial charge in [-0.05, 0) is 47.3 Å². The molecule has 1 fully saturated rings. The Balaban J connectivity index is 2.04. The van der Waals surface area contributed by atoms with Crippen molar-refractivity contribution in [2.75, 3.05) is 0 Å². The van der Waals surface area contributed by atoms with E-state index in [2.05, 4.69) is 45.5 Å². The van der Waals surface area contributed by atoms with E-state index >= 15 is 0 Å². The van der Waals surface area contributed by atoms with Crippen LogP contribution in [0.2, 0.25) is 0 Å². The van der Waals surface area contributed by atoms with E-state index in [9.17, 15) is 0 Å². The Morgan fingerprint density at radius 3 is 2.77 bits per heavy atom. The first-order valence-electron chi connectivity index (χ1n) is 4.92. The van der Waals surface area contributed by atoms with E-state index in [-0.39, 0.29) is 0 Å². The third-order valence-corrected chi connectivity index (χ3v) is 3.82. The van der Waals surface area contributed by atoms with Crippen LogP contribution >= 0.6 is 22.6 Å². The summed E-state index contributed by atoms with van der Waals surface area (Å²) in [5.74, 6) is 0. The number of nitrogens with zero attached hydrogens (tertiary/aromatic N) is 2. The summed E-state index contributed by atoms with van der Waals surface area (Å²) in [6.45, 7) is 3.42. The highest BCUT2D eigenvalue weighted by Crippen LogP contribution is 2.44. The van der Waals surface area contributed by atoms with Crippen molar-refractivity contribution in [3.8, 4) is 0 Å². The summed E-state index contributed by atoms with van der Waals surface area (Å²) in [5, 5.41) is 4.34. The van der Waals surface area contributed by atoms with Gasteiger partial charge in [0.1, 0.15) is 0 Å². The molecule has 1 heterocycles. The topological polar surface area (TPSA) is 17.8 Å². The summed E-state index contributed by atoms with van der Waals surface area (Å²) < 4.78 is 3.34. The molecule has 0 radical (unpaired) electrons. The number of hydrogen-bond acceptors (Lipinski definition) is 1. The zero-order valence-corrected chi connectivity index (χ0v) is 10.1.